The number of hydrogen-bond donors (Lipinski definition) is 1. The van der Waals surface area contributed by atoms with Crippen LogP contribution in [0.25, 0.3) is 0 Å². The zero-order chi connectivity index (χ0) is 14.4. The maximum atomic E-state index is 9.95. The topological polar surface area (TPSA) is 54.2 Å². The summed E-state index contributed by atoms with van der Waals surface area (Å²) in [5, 5.41) is 18.5. The molecule has 1 saturated carbocycles. The third-order valence-electron chi connectivity index (χ3n) is 4.88. The average Bonchev–Trinajstić information content (AvgIpc) is 2.77. The highest BCUT2D eigenvalue weighted by Gasteiger charge is 2.46. The molecule has 0 aromatic carbocycles. The molecule has 1 unspecified atom stereocenters. The van der Waals surface area contributed by atoms with Gasteiger partial charge >= 0.3 is 0 Å². The lowest BCUT2D eigenvalue weighted by atomic mass is 9.69. The van der Waals surface area contributed by atoms with Crippen molar-refractivity contribution >= 4 is 0 Å². The van der Waals surface area contributed by atoms with E-state index >= 15 is 0 Å². The van der Waals surface area contributed by atoms with E-state index in [4.69, 9.17) is 0 Å². The highest BCUT2D eigenvalue weighted by atomic mass is 16.3. The van der Waals surface area contributed by atoms with Gasteiger partial charge in [-0.15, -0.1) is 5.10 Å². The van der Waals surface area contributed by atoms with Crippen LogP contribution in [0.4, 0.5) is 0 Å². The van der Waals surface area contributed by atoms with Crippen LogP contribution in [0.5, 0.6) is 0 Å². The van der Waals surface area contributed by atoms with Gasteiger partial charge in [0.25, 0.3) is 0 Å². The van der Waals surface area contributed by atoms with E-state index < -0.39 is 0 Å². The maximum absolute atomic E-state index is 9.95. The molecule has 1 spiro atoms. The van der Waals surface area contributed by atoms with Crippen molar-refractivity contribution in [3.05, 3.63) is 11.9 Å². The SMILES string of the molecule is CC(C)(C)n1cc(CN2CCC(O)CC23CCC3)nn1. The van der Waals surface area contributed by atoms with E-state index in [1.807, 2.05) is 4.68 Å². The van der Waals surface area contributed by atoms with E-state index in [0.29, 0.717) is 0 Å². The molecule has 1 aliphatic heterocycles. The van der Waals surface area contributed by atoms with E-state index in [9.17, 15) is 5.11 Å². The molecule has 1 aromatic heterocycles. The Morgan fingerprint density at radius 1 is 1.40 bits per heavy atom. The van der Waals surface area contributed by atoms with E-state index in [2.05, 4.69) is 42.2 Å². The Kier molecular flexibility index (Phi) is 3.37. The van der Waals surface area contributed by atoms with Crippen LogP contribution >= 0.6 is 0 Å². The predicted molar refractivity (Wildman–Crippen MR) is 77.3 cm³/mol. The van der Waals surface area contributed by atoms with Gasteiger partial charge in [-0.25, -0.2) is 4.68 Å². The molecule has 3 rings (SSSR count). The molecule has 1 N–H and O–H groups in total. The third kappa shape index (κ3) is 2.49. The highest BCUT2D eigenvalue weighted by molar-refractivity contribution is 5.05. The van der Waals surface area contributed by atoms with Gasteiger partial charge in [-0.05, 0) is 52.9 Å². The Morgan fingerprint density at radius 2 is 2.15 bits per heavy atom. The fourth-order valence-electron chi connectivity index (χ4n) is 3.46. The lowest BCUT2D eigenvalue weighted by Crippen LogP contribution is -2.58. The number of piperidine rings is 1. The van der Waals surface area contributed by atoms with E-state index in [0.717, 1.165) is 31.6 Å². The fourth-order valence-corrected chi connectivity index (χ4v) is 3.46. The molecule has 2 heterocycles. The first-order valence-corrected chi connectivity index (χ1v) is 7.74. The monoisotopic (exact) mass is 278 g/mol. The molecule has 1 aliphatic carbocycles. The number of aliphatic hydroxyl groups is 1. The van der Waals surface area contributed by atoms with Crippen LogP contribution in [0.15, 0.2) is 6.20 Å². The van der Waals surface area contributed by atoms with Crippen molar-refractivity contribution in [3.63, 3.8) is 0 Å². The minimum absolute atomic E-state index is 0.0164. The predicted octanol–water partition coefficient (Wildman–Crippen LogP) is 1.91. The minimum Gasteiger partial charge on any atom is -0.393 e. The quantitative estimate of drug-likeness (QED) is 0.898. The molecule has 1 atom stereocenters. The standard InChI is InChI=1S/C15H26N4O/c1-14(2,3)19-11-12(16-17-19)10-18-8-5-13(20)9-15(18)6-4-7-15/h11,13,20H,4-10H2,1-3H3. The summed E-state index contributed by atoms with van der Waals surface area (Å²) in [6, 6.07) is 0. The molecule has 2 aliphatic rings. The molecule has 0 bridgehead atoms. The fraction of sp³-hybridized carbons (Fsp3) is 0.867. The van der Waals surface area contributed by atoms with Crippen molar-refractivity contribution in [1.82, 2.24) is 19.9 Å². The number of likely N-dealkylation sites (tertiary alicyclic amines) is 1. The molecule has 0 radical (unpaired) electrons. The van der Waals surface area contributed by atoms with Crippen molar-refractivity contribution in [2.45, 2.75) is 76.6 Å². The third-order valence-corrected chi connectivity index (χ3v) is 4.88. The summed E-state index contributed by atoms with van der Waals surface area (Å²) >= 11 is 0. The molecule has 1 aromatic rings. The van der Waals surface area contributed by atoms with Gasteiger partial charge in [0.1, 0.15) is 0 Å². The first kappa shape index (κ1) is 14.0. The van der Waals surface area contributed by atoms with Gasteiger partial charge in [-0.3, -0.25) is 4.90 Å². The highest BCUT2D eigenvalue weighted by Crippen LogP contribution is 2.44. The number of aromatic nitrogens is 3. The van der Waals surface area contributed by atoms with Crippen molar-refractivity contribution < 1.29 is 5.11 Å². The number of aliphatic hydroxyl groups excluding tert-OH is 1. The molecular weight excluding hydrogens is 252 g/mol. The smallest absolute Gasteiger partial charge is 0.0967 e. The van der Waals surface area contributed by atoms with Gasteiger partial charge in [0.2, 0.25) is 0 Å². The van der Waals surface area contributed by atoms with Crippen LogP contribution in [-0.4, -0.2) is 43.2 Å². The lowest BCUT2D eigenvalue weighted by Gasteiger charge is -2.54. The van der Waals surface area contributed by atoms with Gasteiger partial charge in [-0.1, -0.05) is 5.21 Å². The Hall–Kier alpha value is -0.940. The van der Waals surface area contributed by atoms with E-state index in [-0.39, 0.29) is 17.2 Å². The zero-order valence-corrected chi connectivity index (χ0v) is 12.8. The lowest BCUT2D eigenvalue weighted by molar-refractivity contribution is -0.0707. The second-order valence-electron chi connectivity index (χ2n) is 7.47. The average molecular weight is 278 g/mol. The van der Waals surface area contributed by atoms with Crippen molar-refractivity contribution in [2.75, 3.05) is 6.54 Å². The van der Waals surface area contributed by atoms with Crippen LogP contribution in [0.2, 0.25) is 0 Å². The number of rotatable bonds is 2. The van der Waals surface area contributed by atoms with Crippen LogP contribution in [0.1, 0.15) is 58.6 Å². The summed E-state index contributed by atoms with van der Waals surface area (Å²) in [6.45, 7) is 8.24. The van der Waals surface area contributed by atoms with Gasteiger partial charge in [0, 0.05) is 18.6 Å². The van der Waals surface area contributed by atoms with Gasteiger partial charge in [-0.2, -0.15) is 0 Å². The Bertz CT molecular complexity index is 472. The first-order valence-electron chi connectivity index (χ1n) is 7.74. The molecular formula is C15H26N4O. The summed E-state index contributed by atoms with van der Waals surface area (Å²) in [6.07, 6.45) is 7.50. The number of hydrogen-bond acceptors (Lipinski definition) is 4. The van der Waals surface area contributed by atoms with Gasteiger partial charge in [0.05, 0.1) is 23.5 Å². The molecule has 1 saturated heterocycles. The van der Waals surface area contributed by atoms with E-state index in [1.165, 1.54) is 19.3 Å². The summed E-state index contributed by atoms with van der Waals surface area (Å²) < 4.78 is 1.94. The molecule has 0 amide bonds. The van der Waals surface area contributed by atoms with Gasteiger partial charge < -0.3 is 5.11 Å². The molecule has 5 nitrogen and oxygen atoms in total. The first-order chi connectivity index (χ1) is 9.39. The Labute approximate surface area is 121 Å². The molecule has 5 heteroatoms. The van der Waals surface area contributed by atoms with Crippen LogP contribution < -0.4 is 0 Å². The Balaban J connectivity index is 1.72. The van der Waals surface area contributed by atoms with Crippen LogP contribution in [0, 0.1) is 0 Å². The van der Waals surface area contributed by atoms with Crippen molar-refractivity contribution in [1.29, 1.82) is 0 Å². The number of nitrogens with zero attached hydrogens (tertiary/aromatic N) is 4. The van der Waals surface area contributed by atoms with Crippen LogP contribution in [-0.2, 0) is 12.1 Å². The van der Waals surface area contributed by atoms with Gasteiger partial charge in [0.15, 0.2) is 0 Å². The molecule has 112 valence electrons. The summed E-state index contributed by atoms with van der Waals surface area (Å²) in [7, 11) is 0. The van der Waals surface area contributed by atoms with E-state index in [1.54, 1.807) is 0 Å². The van der Waals surface area contributed by atoms with Crippen molar-refractivity contribution in [2.24, 2.45) is 0 Å². The summed E-state index contributed by atoms with van der Waals surface area (Å²) in [5.74, 6) is 0. The second kappa shape index (κ2) is 4.81. The summed E-state index contributed by atoms with van der Waals surface area (Å²) in [4.78, 5) is 2.53. The van der Waals surface area contributed by atoms with Crippen molar-refractivity contribution in [3.8, 4) is 0 Å². The maximum Gasteiger partial charge on any atom is 0.0967 e. The Morgan fingerprint density at radius 3 is 2.70 bits per heavy atom. The van der Waals surface area contributed by atoms with Crippen LogP contribution in [0.3, 0.4) is 0 Å². The normalized spacial score (nSPS) is 26.7. The minimum atomic E-state index is -0.114. The second-order valence-corrected chi connectivity index (χ2v) is 7.47. The molecule has 2 fully saturated rings. The zero-order valence-electron chi connectivity index (χ0n) is 12.8. The molecule has 20 heavy (non-hydrogen) atoms. The summed E-state index contributed by atoms with van der Waals surface area (Å²) in [5.41, 5.74) is 1.27. The largest absolute Gasteiger partial charge is 0.393 e.